The van der Waals surface area contributed by atoms with Crippen molar-refractivity contribution in [1.82, 2.24) is 4.90 Å². The minimum absolute atomic E-state index is 0.0653. The number of methoxy groups -OCH3 is 1. The predicted octanol–water partition coefficient (Wildman–Crippen LogP) is 3.34. The Bertz CT molecular complexity index is 731. The molecule has 2 amide bonds. The number of nitrogens with one attached hydrogen (secondary N) is 1. The molecule has 6 heteroatoms. The summed E-state index contributed by atoms with van der Waals surface area (Å²) in [4.78, 5) is 26.2. The van der Waals surface area contributed by atoms with Crippen LogP contribution in [0.1, 0.15) is 36.0 Å². The van der Waals surface area contributed by atoms with Crippen LogP contribution in [-0.4, -0.2) is 42.2 Å². The molecule has 1 saturated heterocycles. The normalized spacial score (nSPS) is 25.0. The van der Waals surface area contributed by atoms with Gasteiger partial charge in [-0.25, -0.2) is 4.79 Å². The molecule has 6 nitrogen and oxygen atoms in total. The molecule has 3 rings (SSSR count). The second kappa shape index (κ2) is 6.24. The van der Waals surface area contributed by atoms with Gasteiger partial charge in [0, 0.05) is 18.8 Å². The molecule has 0 unspecified atom stereocenters. The van der Waals surface area contributed by atoms with Crippen LogP contribution >= 0.6 is 0 Å². The molecule has 1 aliphatic heterocycles. The number of carboxylic acids is 1. The number of amides is 2. The first-order valence-corrected chi connectivity index (χ1v) is 8.74. The third-order valence-corrected chi connectivity index (χ3v) is 6.08. The first-order valence-electron chi connectivity index (χ1n) is 8.74. The van der Waals surface area contributed by atoms with Crippen LogP contribution in [0.2, 0.25) is 0 Å². The summed E-state index contributed by atoms with van der Waals surface area (Å²) in [5.41, 5.74) is 2.92. The average molecular weight is 346 g/mol. The van der Waals surface area contributed by atoms with Crippen LogP contribution in [0.15, 0.2) is 6.07 Å². The molecule has 2 N–H and O–H groups in total. The molecule has 25 heavy (non-hydrogen) atoms. The first kappa shape index (κ1) is 17.6. The Morgan fingerprint density at radius 1 is 1.32 bits per heavy atom. The van der Waals surface area contributed by atoms with Gasteiger partial charge in [-0.2, -0.15) is 0 Å². The van der Waals surface area contributed by atoms with Gasteiger partial charge in [-0.3, -0.25) is 4.79 Å². The van der Waals surface area contributed by atoms with E-state index < -0.39 is 11.4 Å². The highest BCUT2D eigenvalue weighted by atomic mass is 16.5. The number of carbonyl (C=O) groups is 2. The molecule has 1 aromatic carbocycles. The molecular weight excluding hydrogens is 320 g/mol. The summed E-state index contributed by atoms with van der Waals surface area (Å²) in [5, 5.41) is 12.7. The van der Waals surface area contributed by atoms with Crippen LogP contribution in [0.5, 0.6) is 5.75 Å². The predicted molar refractivity (Wildman–Crippen MR) is 95.2 cm³/mol. The fourth-order valence-electron chi connectivity index (χ4n) is 4.43. The van der Waals surface area contributed by atoms with Crippen molar-refractivity contribution in [1.29, 1.82) is 0 Å². The number of anilines is 1. The van der Waals surface area contributed by atoms with E-state index in [0.717, 1.165) is 41.0 Å². The fourth-order valence-corrected chi connectivity index (χ4v) is 4.43. The van der Waals surface area contributed by atoms with Crippen molar-refractivity contribution in [3.8, 4) is 5.75 Å². The van der Waals surface area contributed by atoms with Gasteiger partial charge in [0.25, 0.3) is 0 Å². The number of ether oxygens (including phenoxy) is 1. The highest BCUT2D eigenvalue weighted by Crippen LogP contribution is 2.49. The van der Waals surface area contributed by atoms with Crippen molar-refractivity contribution < 1.29 is 19.4 Å². The van der Waals surface area contributed by atoms with E-state index in [0.29, 0.717) is 19.5 Å². The molecule has 0 spiro atoms. The van der Waals surface area contributed by atoms with Crippen LogP contribution < -0.4 is 10.1 Å². The number of urea groups is 1. The van der Waals surface area contributed by atoms with Crippen LogP contribution in [-0.2, 0) is 4.79 Å². The summed E-state index contributed by atoms with van der Waals surface area (Å²) in [6.07, 6.45) is 2.48. The van der Waals surface area contributed by atoms with Gasteiger partial charge in [0.2, 0.25) is 0 Å². The molecule has 1 heterocycles. The lowest BCUT2D eigenvalue weighted by molar-refractivity contribution is -0.149. The van der Waals surface area contributed by atoms with Gasteiger partial charge < -0.3 is 20.1 Å². The number of nitrogens with zero attached hydrogens (tertiary/aromatic N) is 1. The summed E-state index contributed by atoms with van der Waals surface area (Å²) < 4.78 is 5.37. The summed E-state index contributed by atoms with van der Waals surface area (Å²) >= 11 is 0. The van der Waals surface area contributed by atoms with Crippen molar-refractivity contribution in [2.75, 3.05) is 25.5 Å². The Balaban J connectivity index is 1.81. The van der Waals surface area contributed by atoms with Gasteiger partial charge in [0.15, 0.2) is 0 Å². The van der Waals surface area contributed by atoms with Crippen LogP contribution in [0.3, 0.4) is 0 Å². The zero-order valence-electron chi connectivity index (χ0n) is 15.3. The third-order valence-electron chi connectivity index (χ3n) is 6.08. The van der Waals surface area contributed by atoms with Gasteiger partial charge in [-0.15, -0.1) is 0 Å². The highest BCUT2D eigenvalue weighted by Gasteiger charge is 2.55. The zero-order valence-corrected chi connectivity index (χ0v) is 15.3. The van der Waals surface area contributed by atoms with Crippen molar-refractivity contribution in [2.45, 2.75) is 40.0 Å². The standard InChI is InChI=1S/C19H26N2O4/c1-11-8-15(25-4)12(2)13(3)16(11)20-18(24)21-9-14-6-5-7-19(14,10-21)17(22)23/h8,14H,5-7,9-10H2,1-4H3,(H,20,24)(H,22,23)/t14-,19+/m0/s1. The van der Waals surface area contributed by atoms with Gasteiger partial charge in [0.05, 0.1) is 12.5 Å². The molecule has 2 atom stereocenters. The van der Waals surface area contributed by atoms with Crippen LogP contribution in [0, 0.1) is 32.1 Å². The highest BCUT2D eigenvalue weighted by molar-refractivity contribution is 5.92. The Hall–Kier alpha value is -2.24. The van der Waals surface area contributed by atoms with E-state index in [1.807, 2.05) is 26.8 Å². The third kappa shape index (κ3) is 2.73. The van der Waals surface area contributed by atoms with Crippen molar-refractivity contribution in [3.63, 3.8) is 0 Å². The smallest absolute Gasteiger partial charge is 0.321 e. The molecule has 0 bridgehead atoms. The summed E-state index contributed by atoms with van der Waals surface area (Å²) in [6, 6.07) is 1.70. The molecule has 0 aromatic heterocycles. The van der Waals surface area contributed by atoms with E-state index in [1.54, 1.807) is 12.0 Å². The number of carbonyl (C=O) groups excluding carboxylic acids is 1. The number of aliphatic carboxylic acids is 1. The van der Waals surface area contributed by atoms with E-state index in [2.05, 4.69) is 5.32 Å². The second-order valence-corrected chi connectivity index (χ2v) is 7.38. The molecule has 1 aliphatic carbocycles. The maximum atomic E-state index is 12.8. The molecule has 0 radical (unpaired) electrons. The minimum atomic E-state index is -0.766. The van der Waals surface area contributed by atoms with E-state index >= 15 is 0 Å². The second-order valence-electron chi connectivity index (χ2n) is 7.38. The number of hydrogen-bond acceptors (Lipinski definition) is 3. The van der Waals surface area contributed by atoms with Gasteiger partial charge in [0.1, 0.15) is 5.75 Å². The lowest BCUT2D eigenvalue weighted by Crippen LogP contribution is -2.38. The molecule has 1 aromatic rings. The molecular formula is C19H26N2O4. The van der Waals surface area contributed by atoms with E-state index in [9.17, 15) is 14.7 Å². The Morgan fingerprint density at radius 2 is 2.04 bits per heavy atom. The van der Waals surface area contributed by atoms with Crippen molar-refractivity contribution in [3.05, 3.63) is 22.8 Å². The van der Waals surface area contributed by atoms with Crippen LogP contribution in [0.4, 0.5) is 10.5 Å². The number of fused-ring (bicyclic) bond motifs is 1. The quantitative estimate of drug-likeness (QED) is 0.880. The summed E-state index contributed by atoms with van der Waals surface area (Å²) in [6.45, 7) is 6.67. The fraction of sp³-hybridized carbons (Fsp3) is 0.579. The van der Waals surface area contributed by atoms with E-state index in [-0.39, 0.29) is 11.9 Å². The van der Waals surface area contributed by atoms with Crippen LogP contribution in [0.25, 0.3) is 0 Å². The Morgan fingerprint density at radius 3 is 2.64 bits per heavy atom. The summed E-state index contributed by atoms with van der Waals surface area (Å²) in [5.74, 6) is 0.0991. The lowest BCUT2D eigenvalue weighted by atomic mass is 9.81. The lowest BCUT2D eigenvalue weighted by Gasteiger charge is -2.24. The topological polar surface area (TPSA) is 78.9 Å². The maximum Gasteiger partial charge on any atom is 0.321 e. The maximum absolute atomic E-state index is 12.8. The molecule has 2 aliphatic rings. The average Bonchev–Trinajstić information content (AvgIpc) is 3.13. The first-order chi connectivity index (χ1) is 11.8. The number of likely N-dealkylation sites (tertiary alicyclic amines) is 1. The summed E-state index contributed by atoms with van der Waals surface area (Å²) in [7, 11) is 1.63. The Kier molecular flexibility index (Phi) is 4.39. The number of hydrogen-bond donors (Lipinski definition) is 2. The van der Waals surface area contributed by atoms with Gasteiger partial charge in [-0.05, 0) is 62.3 Å². The molecule has 136 valence electrons. The number of carboxylic acid groups (broad SMARTS) is 1. The largest absolute Gasteiger partial charge is 0.496 e. The van der Waals surface area contributed by atoms with Crippen molar-refractivity contribution >= 4 is 17.7 Å². The van der Waals surface area contributed by atoms with E-state index in [4.69, 9.17) is 4.74 Å². The van der Waals surface area contributed by atoms with Gasteiger partial charge >= 0.3 is 12.0 Å². The zero-order chi connectivity index (χ0) is 18.4. The Labute approximate surface area is 148 Å². The SMILES string of the molecule is COc1cc(C)c(NC(=O)N2C[C@@H]3CCC[C@@]3(C(=O)O)C2)c(C)c1C. The van der Waals surface area contributed by atoms with E-state index in [1.165, 1.54) is 0 Å². The number of benzene rings is 1. The monoisotopic (exact) mass is 346 g/mol. The molecule has 1 saturated carbocycles. The number of rotatable bonds is 3. The number of aryl methyl sites for hydroxylation is 1. The minimum Gasteiger partial charge on any atom is -0.496 e. The van der Waals surface area contributed by atoms with Gasteiger partial charge in [-0.1, -0.05) is 6.42 Å². The molecule has 2 fully saturated rings. The van der Waals surface area contributed by atoms with Crippen molar-refractivity contribution in [2.24, 2.45) is 11.3 Å².